The van der Waals surface area contributed by atoms with E-state index in [9.17, 15) is 0 Å². The number of rotatable bonds is 4. The number of hydrogen-bond donors (Lipinski definition) is 1. The maximum absolute atomic E-state index is 5.86. The molecule has 0 aromatic carbocycles. The van der Waals surface area contributed by atoms with E-state index in [-0.39, 0.29) is 12.2 Å². The van der Waals surface area contributed by atoms with E-state index < -0.39 is 0 Å². The average molecular weight is 562 g/mol. The van der Waals surface area contributed by atoms with Crippen LogP contribution in [-0.2, 0) is 18.9 Å². The fourth-order valence-corrected chi connectivity index (χ4v) is 4.52. The lowest BCUT2D eigenvalue weighted by molar-refractivity contribution is -0.0916. The minimum atomic E-state index is -0.106. The Hall–Kier alpha value is -2.90. The Morgan fingerprint density at radius 1 is 0.806 bits per heavy atom. The molecule has 11 nitrogen and oxygen atoms in total. The summed E-state index contributed by atoms with van der Waals surface area (Å²) in [7, 11) is 3.22. The predicted molar refractivity (Wildman–Crippen MR) is 135 cm³/mol. The third kappa shape index (κ3) is 5.27. The van der Waals surface area contributed by atoms with E-state index in [4.69, 9.17) is 34.2 Å². The van der Waals surface area contributed by atoms with Crippen molar-refractivity contribution in [2.45, 2.75) is 12.2 Å². The lowest BCUT2D eigenvalue weighted by atomic mass is 10.3. The highest BCUT2D eigenvalue weighted by atomic mass is 79.9. The molecular formula is C24H28BrN5O6. The van der Waals surface area contributed by atoms with Crippen molar-refractivity contribution in [2.24, 2.45) is 0 Å². The summed E-state index contributed by atoms with van der Waals surface area (Å²) in [5.41, 5.74) is 9.78. The Bertz CT molecular complexity index is 1230. The predicted octanol–water partition coefficient (Wildman–Crippen LogP) is 3.21. The van der Waals surface area contributed by atoms with Crippen molar-refractivity contribution in [3.05, 3.63) is 52.8 Å². The highest BCUT2D eigenvalue weighted by molar-refractivity contribution is 9.10. The van der Waals surface area contributed by atoms with Gasteiger partial charge in [-0.15, -0.1) is 0 Å². The maximum atomic E-state index is 5.86. The summed E-state index contributed by atoms with van der Waals surface area (Å²) in [5, 5.41) is 0. The molecule has 6 rings (SSSR count). The smallest absolute Gasteiger partial charge is 0.146 e. The second kappa shape index (κ2) is 11.0. The highest BCUT2D eigenvalue weighted by Gasteiger charge is 2.21. The number of nitrogens with two attached hydrogens (primary N) is 1. The molecule has 2 unspecified atom stereocenters. The second-order valence-corrected chi connectivity index (χ2v) is 9.07. The van der Waals surface area contributed by atoms with Gasteiger partial charge in [0.15, 0.2) is 0 Å². The van der Waals surface area contributed by atoms with E-state index in [0.29, 0.717) is 51.1 Å². The number of anilines is 1. The molecular weight excluding hydrogens is 534 g/mol. The minimum Gasteiger partial charge on any atom is -0.495 e. The van der Waals surface area contributed by atoms with E-state index in [1.807, 2.05) is 39.5 Å². The van der Waals surface area contributed by atoms with E-state index in [2.05, 4.69) is 25.9 Å². The maximum Gasteiger partial charge on any atom is 0.146 e. The number of methoxy groups -OCH3 is 2. The van der Waals surface area contributed by atoms with Gasteiger partial charge in [0.2, 0.25) is 0 Å². The summed E-state index contributed by atoms with van der Waals surface area (Å²) >= 11 is 3.45. The Morgan fingerprint density at radius 2 is 1.33 bits per heavy atom. The van der Waals surface area contributed by atoms with Crippen LogP contribution in [0.2, 0.25) is 0 Å². The van der Waals surface area contributed by atoms with Crippen molar-refractivity contribution in [2.75, 3.05) is 59.6 Å². The second-order valence-electron chi connectivity index (χ2n) is 8.22. The van der Waals surface area contributed by atoms with Crippen LogP contribution in [0.5, 0.6) is 11.5 Å². The standard InChI is InChI=1S/C12H13BrN2O3.C12H15N3O3/c2*1-16-10-4-12-14-9(6-15(12)5-8(10)13)11-7-17-2-3-18-11/h4-6,11H,2-3,7H2,1H3;4-6,11H,2-3,7,13H2,1H3. The van der Waals surface area contributed by atoms with Gasteiger partial charge < -0.3 is 43.0 Å². The molecule has 6 heterocycles. The molecule has 192 valence electrons. The van der Waals surface area contributed by atoms with E-state index in [0.717, 1.165) is 32.9 Å². The Kier molecular flexibility index (Phi) is 7.58. The lowest BCUT2D eigenvalue weighted by Gasteiger charge is -2.20. The molecule has 0 saturated carbocycles. The van der Waals surface area contributed by atoms with Crippen molar-refractivity contribution in [3.8, 4) is 11.5 Å². The van der Waals surface area contributed by atoms with Gasteiger partial charge in [0.05, 0.1) is 75.4 Å². The van der Waals surface area contributed by atoms with Gasteiger partial charge in [-0.1, -0.05) is 0 Å². The van der Waals surface area contributed by atoms with Crippen molar-refractivity contribution in [1.29, 1.82) is 0 Å². The van der Waals surface area contributed by atoms with Crippen LogP contribution in [0.4, 0.5) is 5.69 Å². The first-order valence-electron chi connectivity index (χ1n) is 11.5. The van der Waals surface area contributed by atoms with Gasteiger partial charge in [-0.2, -0.15) is 0 Å². The van der Waals surface area contributed by atoms with Gasteiger partial charge in [-0.3, -0.25) is 0 Å². The van der Waals surface area contributed by atoms with Crippen molar-refractivity contribution in [3.63, 3.8) is 0 Å². The average Bonchev–Trinajstić information content (AvgIpc) is 3.52. The molecule has 2 aliphatic heterocycles. The first-order chi connectivity index (χ1) is 17.6. The summed E-state index contributed by atoms with van der Waals surface area (Å²) in [6.07, 6.45) is 7.39. The molecule has 2 saturated heterocycles. The van der Waals surface area contributed by atoms with Gasteiger partial charge in [-0.05, 0) is 15.9 Å². The van der Waals surface area contributed by atoms with Gasteiger partial charge in [0.25, 0.3) is 0 Å². The van der Waals surface area contributed by atoms with Crippen LogP contribution in [-0.4, -0.2) is 72.6 Å². The molecule has 2 aliphatic rings. The van der Waals surface area contributed by atoms with Crippen LogP contribution in [0.15, 0.2) is 41.4 Å². The van der Waals surface area contributed by atoms with Crippen LogP contribution < -0.4 is 15.2 Å². The summed E-state index contributed by atoms with van der Waals surface area (Å²) < 4.78 is 37.2. The Labute approximate surface area is 216 Å². The lowest BCUT2D eigenvalue weighted by Crippen LogP contribution is -2.22. The van der Waals surface area contributed by atoms with E-state index in [1.165, 1.54) is 0 Å². The molecule has 0 spiro atoms. The zero-order valence-electron chi connectivity index (χ0n) is 20.1. The van der Waals surface area contributed by atoms with Crippen LogP contribution in [0.1, 0.15) is 23.6 Å². The molecule has 2 N–H and O–H groups in total. The van der Waals surface area contributed by atoms with Gasteiger partial charge in [0.1, 0.15) is 35.0 Å². The fraction of sp³-hybridized carbons (Fsp3) is 0.417. The number of aromatic nitrogens is 4. The topological polar surface area (TPSA) is 116 Å². The number of imidazole rings is 2. The zero-order chi connectivity index (χ0) is 25.1. The SMILES string of the molecule is COc1cc2nc(C3COCCO3)cn2cc1Br.COc1cc2nc(C3COCCO3)cn2cc1N. The molecule has 4 aromatic heterocycles. The van der Waals surface area contributed by atoms with E-state index >= 15 is 0 Å². The summed E-state index contributed by atoms with van der Waals surface area (Å²) in [6.45, 7) is 3.61. The number of pyridine rings is 2. The van der Waals surface area contributed by atoms with Crippen LogP contribution >= 0.6 is 15.9 Å². The number of hydrogen-bond acceptors (Lipinski definition) is 9. The Balaban J connectivity index is 0.000000148. The molecule has 12 heteroatoms. The molecule has 2 atom stereocenters. The third-order valence-corrected chi connectivity index (χ3v) is 6.46. The van der Waals surface area contributed by atoms with Crippen LogP contribution in [0.25, 0.3) is 11.3 Å². The quantitative estimate of drug-likeness (QED) is 0.400. The molecule has 0 bridgehead atoms. The first kappa shape index (κ1) is 24.8. The molecule has 4 aromatic rings. The molecule has 2 fully saturated rings. The fourth-order valence-electron chi connectivity index (χ4n) is 4.02. The largest absolute Gasteiger partial charge is 0.495 e. The molecule has 36 heavy (non-hydrogen) atoms. The van der Waals surface area contributed by atoms with Crippen molar-refractivity contribution >= 4 is 32.9 Å². The Morgan fingerprint density at radius 3 is 1.83 bits per heavy atom. The summed E-state index contributed by atoms with van der Waals surface area (Å²) in [6, 6.07) is 3.69. The highest BCUT2D eigenvalue weighted by Crippen LogP contribution is 2.28. The summed E-state index contributed by atoms with van der Waals surface area (Å²) in [4.78, 5) is 9.05. The third-order valence-electron chi connectivity index (χ3n) is 5.86. The van der Waals surface area contributed by atoms with E-state index in [1.54, 1.807) is 20.4 Å². The monoisotopic (exact) mass is 561 g/mol. The van der Waals surface area contributed by atoms with Crippen LogP contribution in [0, 0.1) is 0 Å². The van der Waals surface area contributed by atoms with Gasteiger partial charge in [0, 0.05) is 36.9 Å². The number of nitrogens with zero attached hydrogens (tertiary/aromatic N) is 4. The minimum absolute atomic E-state index is 0.0802. The van der Waals surface area contributed by atoms with Crippen molar-refractivity contribution < 1.29 is 28.4 Å². The summed E-state index contributed by atoms with van der Waals surface area (Å²) in [5.74, 6) is 1.39. The number of ether oxygens (including phenoxy) is 6. The van der Waals surface area contributed by atoms with Crippen LogP contribution in [0.3, 0.4) is 0 Å². The first-order valence-corrected chi connectivity index (χ1v) is 12.3. The molecule has 0 radical (unpaired) electrons. The molecule has 0 amide bonds. The number of nitrogen functional groups attached to an aromatic ring is 1. The number of halogens is 1. The number of fused-ring (bicyclic) bond motifs is 2. The van der Waals surface area contributed by atoms with Gasteiger partial charge in [-0.25, -0.2) is 9.97 Å². The van der Waals surface area contributed by atoms with Crippen molar-refractivity contribution in [1.82, 2.24) is 18.8 Å². The zero-order valence-corrected chi connectivity index (χ0v) is 21.6. The molecule has 0 aliphatic carbocycles. The van der Waals surface area contributed by atoms with Gasteiger partial charge >= 0.3 is 0 Å². The normalized spacial score (nSPS) is 20.2.